The van der Waals surface area contributed by atoms with E-state index in [0.717, 1.165) is 25.2 Å². The van der Waals surface area contributed by atoms with E-state index < -0.39 is 0 Å². The summed E-state index contributed by atoms with van der Waals surface area (Å²) in [6, 6.07) is 14.9. The normalized spacial score (nSPS) is 10.8. The number of urea groups is 1. The Balaban J connectivity index is 2.08. The van der Waals surface area contributed by atoms with Gasteiger partial charge in [-0.15, -0.1) is 0 Å². The number of nitrogens with one attached hydrogen (secondary N) is 3. The lowest BCUT2D eigenvalue weighted by molar-refractivity contribution is 0.0951. The molecule has 0 unspecified atom stereocenters. The minimum Gasteiger partial charge on any atom is -0.348 e. The zero-order valence-corrected chi connectivity index (χ0v) is 17.8. The van der Waals surface area contributed by atoms with Crippen LogP contribution < -0.4 is 16.0 Å². The molecule has 0 spiro atoms. The molecular formula is C23H32N4O2. The average molecular weight is 397 g/mol. The predicted octanol–water partition coefficient (Wildman–Crippen LogP) is 3.99. The van der Waals surface area contributed by atoms with Gasteiger partial charge in [-0.3, -0.25) is 9.69 Å². The highest BCUT2D eigenvalue weighted by Gasteiger charge is 2.14. The number of carbonyl (C=O) groups excluding carboxylic acids is 2. The Hall–Kier alpha value is -2.86. The molecule has 3 amide bonds. The van der Waals surface area contributed by atoms with Crippen molar-refractivity contribution >= 4 is 17.6 Å². The van der Waals surface area contributed by atoms with Crippen molar-refractivity contribution in [3.8, 4) is 0 Å². The van der Waals surface area contributed by atoms with Gasteiger partial charge in [0.15, 0.2) is 0 Å². The van der Waals surface area contributed by atoms with Crippen LogP contribution >= 0.6 is 0 Å². The Kier molecular flexibility index (Phi) is 8.68. The van der Waals surface area contributed by atoms with Crippen molar-refractivity contribution in [3.63, 3.8) is 0 Å². The first-order valence-electron chi connectivity index (χ1n) is 10.2. The zero-order chi connectivity index (χ0) is 21.2. The van der Waals surface area contributed by atoms with Gasteiger partial charge in [0.1, 0.15) is 0 Å². The van der Waals surface area contributed by atoms with Crippen LogP contribution in [0.25, 0.3) is 0 Å². The van der Waals surface area contributed by atoms with Crippen LogP contribution in [0.2, 0.25) is 0 Å². The summed E-state index contributed by atoms with van der Waals surface area (Å²) in [5.41, 5.74) is 3.22. The molecule has 0 bridgehead atoms. The van der Waals surface area contributed by atoms with Gasteiger partial charge >= 0.3 is 6.03 Å². The molecule has 0 fully saturated rings. The molecular weight excluding hydrogens is 364 g/mol. The van der Waals surface area contributed by atoms with E-state index in [4.69, 9.17) is 0 Å². The van der Waals surface area contributed by atoms with Crippen molar-refractivity contribution in [2.24, 2.45) is 0 Å². The Labute approximate surface area is 173 Å². The smallest absolute Gasteiger partial charge is 0.319 e. The fourth-order valence-electron chi connectivity index (χ4n) is 3.05. The molecule has 6 nitrogen and oxygen atoms in total. The van der Waals surface area contributed by atoms with E-state index in [2.05, 4.69) is 40.8 Å². The molecule has 0 aliphatic rings. The molecule has 2 aromatic carbocycles. The maximum atomic E-state index is 12.8. The third-order valence-corrected chi connectivity index (χ3v) is 4.69. The lowest BCUT2D eigenvalue weighted by Gasteiger charge is -2.20. The van der Waals surface area contributed by atoms with Crippen LogP contribution in [-0.2, 0) is 13.1 Å². The summed E-state index contributed by atoms with van der Waals surface area (Å²) in [5.74, 6) is -0.219. The number of para-hydroxylation sites is 1. The molecule has 156 valence electrons. The van der Waals surface area contributed by atoms with Crippen LogP contribution in [0.3, 0.4) is 0 Å². The third-order valence-electron chi connectivity index (χ3n) is 4.69. The number of rotatable bonds is 9. The van der Waals surface area contributed by atoms with E-state index in [0.29, 0.717) is 17.8 Å². The van der Waals surface area contributed by atoms with Gasteiger partial charge in [-0.05, 0) is 50.2 Å². The minimum atomic E-state index is -0.329. The summed E-state index contributed by atoms with van der Waals surface area (Å²) < 4.78 is 0. The largest absolute Gasteiger partial charge is 0.348 e. The third kappa shape index (κ3) is 6.91. The fraction of sp³-hybridized carbons (Fsp3) is 0.391. The van der Waals surface area contributed by atoms with Crippen LogP contribution in [0.1, 0.15) is 49.2 Å². The molecule has 0 saturated carbocycles. The Morgan fingerprint density at radius 2 is 1.55 bits per heavy atom. The lowest BCUT2D eigenvalue weighted by atomic mass is 10.1. The van der Waals surface area contributed by atoms with E-state index >= 15 is 0 Å². The molecule has 0 aliphatic heterocycles. The second-order valence-corrected chi connectivity index (χ2v) is 7.21. The van der Waals surface area contributed by atoms with Crippen LogP contribution in [-0.4, -0.2) is 36.0 Å². The summed E-state index contributed by atoms with van der Waals surface area (Å²) in [4.78, 5) is 27.2. The molecule has 0 saturated heterocycles. The van der Waals surface area contributed by atoms with E-state index in [9.17, 15) is 9.59 Å². The van der Waals surface area contributed by atoms with Gasteiger partial charge < -0.3 is 16.0 Å². The summed E-state index contributed by atoms with van der Waals surface area (Å²) in [6.07, 6.45) is 0. The van der Waals surface area contributed by atoms with Crippen LogP contribution in [0, 0.1) is 0 Å². The molecule has 0 radical (unpaired) electrons. The number of hydrogen-bond donors (Lipinski definition) is 3. The monoisotopic (exact) mass is 396 g/mol. The summed E-state index contributed by atoms with van der Waals surface area (Å²) >= 11 is 0. The Bertz CT molecular complexity index is 816. The number of hydrogen-bond acceptors (Lipinski definition) is 3. The molecule has 6 heteroatoms. The van der Waals surface area contributed by atoms with Crippen molar-refractivity contribution in [2.45, 2.75) is 46.8 Å². The summed E-state index contributed by atoms with van der Waals surface area (Å²) in [6.45, 7) is 11.3. The van der Waals surface area contributed by atoms with Crippen LogP contribution in [0.5, 0.6) is 0 Å². The van der Waals surface area contributed by atoms with Crippen LogP contribution in [0.15, 0.2) is 48.5 Å². The first kappa shape index (κ1) is 22.4. The minimum absolute atomic E-state index is 0.0123. The van der Waals surface area contributed by atoms with Gasteiger partial charge in [0.25, 0.3) is 5.91 Å². The molecule has 0 heterocycles. The molecule has 0 atom stereocenters. The summed E-state index contributed by atoms with van der Waals surface area (Å²) in [7, 11) is 0. The first-order chi connectivity index (χ1) is 13.9. The van der Waals surface area contributed by atoms with Gasteiger partial charge in [0.2, 0.25) is 0 Å². The number of amides is 3. The van der Waals surface area contributed by atoms with Crippen molar-refractivity contribution in [2.75, 3.05) is 18.4 Å². The highest BCUT2D eigenvalue weighted by Crippen LogP contribution is 2.16. The van der Waals surface area contributed by atoms with Gasteiger partial charge in [-0.1, -0.05) is 50.2 Å². The highest BCUT2D eigenvalue weighted by atomic mass is 16.2. The summed E-state index contributed by atoms with van der Waals surface area (Å²) in [5, 5.41) is 8.51. The van der Waals surface area contributed by atoms with Gasteiger partial charge in [-0.25, -0.2) is 4.79 Å². The highest BCUT2D eigenvalue weighted by molar-refractivity contribution is 6.03. The molecule has 0 aromatic heterocycles. The SMILES string of the molecule is CCN(CC)Cc1ccccc1CNC(=O)c1ccccc1NC(=O)NC(C)C. The Morgan fingerprint density at radius 3 is 2.21 bits per heavy atom. The maximum Gasteiger partial charge on any atom is 0.319 e. The number of nitrogens with zero attached hydrogens (tertiary/aromatic N) is 1. The lowest BCUT2D eigenvalue weighted by Crippen LogP contribution is -2.35. The molecule has 2 aromatic rings. The Morgan fingerprint density at radius 1 is 0.931 bits per heavy atom. The van der Waals surface area contributed by atoms with Crippen molar-refractivity contribution in [3.05, 3.63) is 65.2 Å². The van der Waals surface area contributed by atoms with Gasteiger partial charge in [0.05, 0.1) is 11.3 Å². The molecule has 29 heavy (non-hydrogen) atoms. The second kappa shape index (κ2) is 11.2. The van der Waals surface area contributed by atoms with Crippen molar-refractivity contribution in [1.82, 2.24) is 15.5 Å². The van der Waals surface area contributed by atoms with E-state index in [-0.39, 0.29) is 18.0 Å². The molecule has 3 N–H and O–H groups in total. The zero-order valence-electron chi connectivity index (χ0n) is 17.8. The van der Waals surface area contributed by atoms with Gasteiger partial charge in [-0.2, -0.15) is 0 Å². The van der Waals surface area contributed by atoms with E-state index in [1.807, 2.05) is 32.0 Å². The topological polar surface area (TPSA) is 73.5 Å². The second-order valence-electron chi connectivity index (χ2n) is 7.21. The number of carbonyl (C=O) groups is 2. The van der Waals surface area contributed by atoms with Crippen LogP contribution in [0.4, 0.5) is 10.5 Å². The molecule has 0 aliphatic carbocycles. The first-order valence-corrected chi connectivity index (χ1v) is 10.2. The average Bonchev–Trinajstić information content (AvgIpc) is 2.70. The fourth-order valence-corrected chi connectivity index (χ4v) is 3.05. The quantitative estimate of drug-likeness (QED) is 0.600. The standard InChI is InChI=1S/C23H32N4O2/c1-5-27(6-2)16-19-12-8-7-11-18(19)15-24-22(28)20-13-9-10-14-21(20)26-23(29)25-17(3)4/h7-14,17H,5-6,15-16H2,1-4H3,(H,24,28)(H2,25,26,29). The number of anilines is 1. The predicted molar refractivity (Wildman–Crippen MR) is 118 cm³/mol. The van der Waals surface area contributed by atoms with E-state index in [1.165, 1.54) is 5.56 Å². The maximum absolute atomic E-state index is 12.8. The number of benzene rings is 2. The van der Waals surface area contributed by atoms with Crippen molar-refractivity contribution < 1.29 is 9.59 Å². The molecule has 2 rings (SSSR count). The van der Waals surface area contributed by atoms with Crippen molar-refractivity contribution in [1.29, 1.82) is 0 Å². The van der Waals surface area contributed by atoms with Gasteiger partial charge in [0, 0.05) is 19.1 Å². The van der Waals surface area contributed by atoms with E-state index in [1.54, 1.807) is 24.3 Å².